The zero-order valence-electron chi connectivity index (χ0n) is 15.3. The van der Waals surface area contributed by atoms with Crippen molar-refractivity contribution in [3.8, 4) is 0 Å². The van der Waals surface area contributed by atoms with Gasteiger partial charge in [-0.05, 0) is 24.7 Å². The van der Waals surface area contributed by atoms with Crippen molar-refractivity contribution < 1.29 is 13.2 Å². The molecule has 0 unspecified atom stereocenters. The number of rotatable bonds is 5. The lowest BCUT2D eigenvalue weighted by Crippen LogP contribution is -2.47. The largest absolute Gasteiger partial charge is 0.355 e. The molecule has 1 aromatic carbocycles. The van der Waals surface area contributed by atoms with Gasteiger partial charge in [0.15, 0.2) is 5.13 Å². The minimum absolute atomic E-state index is 0.0191. The number of primary sulfonamides is 1. The third-order valence-electron chi connectivity index (χ3n) is 4.34. The maximum atomic E-state index is 12.2. The van der Waals surface area contributed by atoms with Gasteiger partial charge in [0.25, 0.3) is 0 Å². The van der Waals surface area contributed by atoms with E-state index in [9.17, 15) is 13.2 Å². The van der Waals surface area contributed by atoms with Gasteiger partial charge in [0, 0.05) is 26.2 Å². The number of fused-ring (bicyclic) bond motifs is 1. The summed E-state index contributed by atoms with van der Waals surface area (Å²) in [5, 5.41) is 8.30. The first-order chi connectivity index (χ1) is 13.3. The van der Waals surface area contributed by atoms with Crippen LogP contribution >= 0.6 is 35.3 Å². The first-order valence-corrected chi connectivity index (χ1v) is 12.4. The number of nitrogens with zero attached hydrogens (tertiary/aromatic N) is 3. The molecule has 0 bridgehead atoms. The number of thiazole rings is 1. The second kappa shape index (κ2) is 9.01. The summed E-state index contributed by atoms with van der Waals surface area (Å²) in [4.78, 5) is 21.1. The van der Waals surface area contributed by atoms with Crippen molar-refractivity contribution in [2.24, 2.45) is 5.14 Å². The van der Waals surface area contributed by atoms with Crippen molar-refractivity contribution in [1.29, 1.82) is 0 Å². The molecule has 152 valence electrons. The van der Waals surface area contributed by atoms with E-state index in [-0.39, 0.29) is 16.6 Å². The lowest BCUT2D eigenvalue weighted by Gasteiger charge is -2.35. The fraction of sp³-hybridized carbons (Fsp3) is 0.438. The van der Waals surface area contributed by atoms with Crippen molar-refractivity contribution >= 4 is 70.9 Å². The number of likely N-dealkylation sites (N-methyl/N-ethyl adjacent to an activating group) is 1. The summed E-state index contributed by atoms with van der Waals surface area (Å²) in [5.41, 5.74) is 0.602. The number of thiocarbonyl (C=S) groups is 1. The summed E-state index contributed by atoms with van der Waals surface area (Å²) < 4.78 is 24.3. The maximum Gasteiger partial charge on any atom is 0.238 e. The molecule has 1 aliphatic heterocycles. The smallest absolute Gasteiger partial charge is 0.238 e. The second-order valence-corrected chi connectivity index (χ2v) is 10.4. The van der Waals surface area contributed by atoms with E-state index in [1.54, 1.807) is 6.07 Å². The van der Waals surface area contributed by atoms with Crippen LogP contribution < -0.4 is 10.5 Å². The van der Waals surface area contributed by atoms with E-state index in [0.717, 1.165) is 37.0 Å². The molecule has 0 aliphatic carbocycles. The first-order valence-electron chi connectivity index (χ1n) is 8.63. The summed E-state index contributed by atoms with van der Waals surface area (Å²) >= 11 is 7.98. The molecule has 0 radical (unpaired) electrons. The minimum atomic E-state index is -3.78. The number of hydrogen-bond acceptors (Lipinski definition) is 8. The fourth-order valence-corrected chi connectivity index (χ4v) is 5.34. The second-order valence-electron chi connectivity index (χ2n) is 6.22. The van der Waals surface area contributed by atoms with Crippen molar-refractivity contribution in [3.05, 3.63) is 18.2 Å². The third-order valence-corrected chi connectivity index (χ3v) is 7.71. The van der Waals surface area contributed by atoms with E-state index in [0.29, 0.717) is 15.3 Å². The lowest BCUT2D eigenvalue weighted by molar-refractivity contribution is -0.113. The zero-order chi connectivity index (χ0) is 20.3. The Hall–Kier alpha value is -1.31. The predicted octanol–water partition coefficient (Wildman–Crippen LogP) is 1.54. The van der Waals surface area contributed by atoms with Gasteiger partial charge in [0.1, 0.15) is 4.32 Å². The monoisotopic (exact) mass is 459 g/mol. The van der Waals surface area contributed by atoms with Crippen LogP contribution in [-0.4, -0.2) is 71.9 Å². The topological polar surface area (TPSA) is 109 Å². The Morgan fingerprint density at radius 2 is 2.07 bits per heavy atom. The average Bonchev–Trinajstić information content (AvgIpc) is 3.06. The molecule has 1 saturated heterocycles. The number of carbonyl (C=O) groups is 1. The normalized spacial score (nSPS) is 15.7. The van der Waals surface area contributed by atoms with Gasteiger partial charge in [-0.15, -0.1) is 0 Å². The quantitative estimate of drug-likeness (QED) is 0.648. The Labute approximate surface area is 177 Å². The van der Waals surface area contributed by atoms with E-state index >= 15 is 0 Å². The van der Waals surface area contributed by atoms with Crippen molar-refractivity contribution in [3.63, 3.8) is 0 Å². The molecule has 0 spiro atoms. The molecule has 1 aliphatic rings. The number of amides is 1. The van der Waals surface area contributed by atoms with Gasteiger partial charge >= 0.3 is 0 Å². The Morgan fingerprint density at radius 3 is 2.71 bits per heavy atom. The molecule has 2 heterocycles. The molecule has 3 rings (SSSR count). The minimum Gasteiger partial charge on any atom is -0.355 e. The van der Waals surface area contributed by atoms with Crippen LogP contribution in [0.25, 0.3) is 10.2 Å². The molecule has 12 heteroatoms. The van der Waals surface area contributed by atoms with Crippen LogP contribution in [0.3, 0.4) is 0 Å². The Bertz CT molecular complexity index is 983. The van der Waals surface area contributed by atoms with Crippen LogP contribution in [0.4, 0.5) is 5.13 Å². The van der Waals surface area contributed by atoms with Gasteiger partial charge in [-0.25, -0.2) is 18.5 Å². The highest BCUT2D eigenvalue weighted by molar-refractivity contribution is 8.23. The number of nitrogens with one attached hydrogen (secondary N) is 1. The van der Waals surface area contributed by atoms with E-state index < -0.39 is 10.0 Å². The summed E-state index contributed by atoms with van der Waals surface area (Å²) in [6, 6.07) is 4.43. The van der Waals surface area contributed by atoms with Crippen LogP contribution in [-0.2, 0) is 14.8 Å². The van der Waals surface area contributed by atoms with Crippen LogP contribution in [0.15, 0.2) is 23.1 Å². The molecule has 1 aromatic heterocycles. The molecule has 8 nitrogen and oxygen atoms in total. The highest BCUT2D eigenvalue weighted by atomic mass is 32.2. The van der Waals surface area contributed by atoms with E-state index in [4.69, 9.17) is 17.4 Å². The molecular formula is C16H21N5O3S4. The first kappa shape index (κ1) is 21.4. The molecule has 3 N–H and O–H groups in total. The van der Waals surface area contributed by atoms with Gasteiger partial charge < -0.3 is 15.1 Å². The number of carbonyl (C=O) groups excluding carboxylic acids is 1. The van der Waals surface area contributed by atoms with E-state index in [2.05, 4.69) is 27.0 Å². The number of piperazine rings is 1. The van der Waals surface area contributed by atoms with Crippen LogP contribution in [0.2, 0.25) is 0 Å². The Kier molecular flexibility index (Phi) is 6.89. The van der Waals surface area contributed by atoms with Gasteiger partial charge in [0.05, 0.1) is 20.9 Å². The number of anilines is 1. The number of hydrogen-bond donors (Lipinski definition) is 2. The van der Waals surface area contributed by atoms with Gasteiger partial charge in [-0.1, -0.05) is 42.2 Å². The summed E-state index contributed by atoms with van der Waals surface area (Å²) in [7, 11) is -3.78. The lowest BCUT2D eigenvalue weighted by atomic mass is 10.3. The summed E-state index contributed by atoms with van der Waals surface area (Å²) in [6.07, 6.45) is 0. The Morgan fingerprint density at radius 1 is 1.36 bits per heavy atom. The summed E-state index contributed by atoms with van der Waals surface area (Å²) in [6.45, 7) is 6.91. The molecule has 1 fully saturated rings. The average molecular weight is 460 g/mol. The Balaban J connectivity index is 1.54. The summed E-state index contributed by atoms with van der Waals surface area (Å²) in [5.74, 6) is -0.00387. The van der Waals surface area contributed by atoms with Gasteiger partial charge in [-0.2, -0.15) is 0 Å². The standard InChI is InChI=1S/C16H21N5O3S4/c1-2-20-5-7-21(8-6-20)16(25)26-10-14(22)19-15-18-12-4-3-11(28(17,23)24)9-13(12)27-15/h3-4,9H,2,5-8,10H2,1H3,(H2,17,23,24)(H,18,19,22). The molecule has 1 amide bonds. The van der Waals surface area contributed by atoms with Crippen molar-refractivity contribution in [1.82, 2.24) is 14.8 Å². The van der Waals surface area contributed by atoms with E-state index in [1.165, 1.54) is 35.2 Å². The number of nitrogens with two attached hydrogens (primary N) is 1. The number of aromatic nitrogens is 1. The van der Waals surface area contributed by atoms with Crippen LogP contribution in [0, 0.1) is 0 Å². The SMILES string of the molecule is CCN1CCN(C(=S)SCC(=O)Nc2nc3ccc(S(N)(=O)=O)cc3s2)CC1. The zero-order valence-corrected chi connectivity index (χ0v) is 18.5. The molecule has 2 aromatic rings. The fourth-order valence-electron chi connectivity index (χ4n) is 2.76. The highest BCUT2D eigenvalue weighted by Gasteiger charge is 2.19. The molecule has 28 heavy (non-hydrogen) atoms. The van der Waals surface area contributed by atoms with Crippen molar-refractivity contribution in [2.75, 3.05) is 43.8 Å². The number of benzene rings is 1. The number of thioether (sulfide) groups is 1. The predicted molar refractivity (Wildman–Crippen MR) is 118 cm³/mol. The maximum absolute atomic E-state index is 12.2. The molecule has 0 atom stereocenters. The van der Waals surface area contributed by atoms with Crippen LogP contribution in [0.1, 0.15) is 6.92 Å². The van der Waals surface area contributed by atoms with Crippen LogP contribution in [0.5, 0.6) is 0 Å². The van der Waals surface area contributed by atoms with E-state index in [1.807, 2.05) is 0 Å². The van der Waals surface area contributed by atoms with Crippen molar-refractivity contribution in [2.45, 2.75) is 11.8 Å². The molecular weight excluding hydrogens is 438 g/mol. The van der Waals surface area contributed by atoms with Gasteiger partial charge in [-0.3, -0.25) is 4.79 Å². The third kappa shape index (κ3) is 5.39. The highest BCUT2D eigenvalue weighted by Crippen LogP contribution is 2.28. The number of sulfonamides is 1. The molecule has 0 saturated carbocycles. The van der Waals surface area contributed by atoms with Gasteiger partial charge in [0.2, 0.25) is 15.9 Å².